The van der Waals surface area contributed by atoms with E-state index in [1.165, 1.54) is 0 Å². The number of aromatic hydroxyl groups is 2. The fourth-order valence-corrected chi connectivity index (χ4v) is 6.33. The van der Waals surface area contributed by atoms with Crippen LogP contribution in [0.2, 0.25) is 0 Å². The van der Waals surface area contributed by atoms with Crippen LogP contribution in [-0.4, -0.2) is 10.2 Å². The normalized spacial score (nSPS) is 10.8. The van der Waals surface area contributed by atoms with Crippen molar-refractivity contribution >= 4 is 0 Å². The van der Waals surface area contributed by atoms with Crippen molar-refractivity contribution in [3.63, 3.8) is 0 Å². The molecule has 0 aliphatic carbocycles. The molecule has 1 aromatic heterocycles. The average molecular weight is 775 g/mol. The first-order chi connectivity index (χ1) is 22.5. The van der Waals surface area contributed by atoms with Crippen molar-refractivity contribution in [1.82, 2.24) is 0 Å². The molecule has 4 heteroatoms. The minimum atomic E-state index is 0. The monoisotopic (exact) mass is 776 g/mol. The molecule has 7 rings (SSSR count). The Morgan fingerprint density at radius 3 is 1.11 bits per heavy atom. The number of rotatable bonds is 6. The number of benzene rings is 6. The fraction of sp³-hybridized carbons (Fsp3) is 0.0465. The summed E-state index contributed by atoms with van der Waals surface area (Å²) in [6, 6.07) is 50.7. The maximum Gasteiger partial charge on any atom is 0.211 e. The Kier molecular flexibility index (Phi) is 9.33. The Hall–Kier alpha value is -5.06. The van der Waals surface area contributed by atoms with E-state index in [1.54, 1.807) is 0 Å². The smallest absolute Gasteiger partial charge is 0.211 e. The van der Waals surface area contributed by atoms with Gasteiger partial charge in [-0.25, -0.2) is 4.98 Å². The molecule has 0 saturated heterocycles. The average Bonchev–Trinajstić information content (AvgIpc) is 3.11. The number of aromatic nitrogens is 1. The minimum absolute atomic E-state index is 0. The number of aryl methyl sites for hydroxylation is 2. The molecule has 0 bridgehead atoms. The molecule has 0 aliphatic heterocycles. The standard InChI is InChI=1S/C43H33NO2.Hf/c1-28-24-36(30-14-5-3-6-15-30)42(45)38(26-28)32-18-9-11-20-34(32)40-22-13-23-41(44-40)35-21-12-10-19-33(35)39-27-29(2)25-37(43(39)46)31-16-7-4-8-17-31;/h3-27,45-46H,1-2H3;/p+1. The molecule has 3 N–H and O–H groups in total. The van der Waals surface area contributed by atoms with Gasteiger partial charge in [0, 0.05) is 60.2 Å². The molecule has 0 aliphatic rings. The van der Waals surface area contributed by atoms with Gasteiger partial charge < -0.3 is 10.2 Å². The van der Waals surface area contributed by atoms with E-state index in [4.69, 9.17) is 0 Å². The molecule has 47 heavy (non-hydrogen) atoms. The van der Waals surface area contributed by atoms with E-state index in [9.17, 15) is 10.2 Å². The van der Waals surface area contributed by atoms with Crippen molar-refractivity contribution in [2.45, 2.75) is 13.8 Å². The number of pyridine rings is 1. The third-order valence-corrected chi connectivity index (χ3v) is 8.49. The minimum Gasteiger partial charge on any atom is -0.507 e. The number of phenolic OH excluding ortho intramolecular Hbond substituents is 2. The first kappa shape index (κ1) is 31.9. The van der Waals surface area contributed by atoms with Gasteiger partial charge in [-0.2, -0.15) is 0 Å². The molecule has 226 valence electrons. The summed E-state index contributed by atoms with van der Waals surface area (Å²) in [4.78, 5) is 3.69. The Morgan fingerprint density at radius 1 is 0.362 bits per heavy atom. The predicted octanol–water partition coefficient (Wildman–Crippen LogP) is 10.5. The van der Waals surface area contributed by atoms with Gasteiger partial charge in [-0.1, -0.05) is 97.1 Å². The van der Waals surface area contributed by atoms with Crippen LogP contribution in [0.4, 0.5) is 0 Å². The third kappa shape index (κ3) is 6.34. The van der Waals surface area contributed by atoms with Gasteiger partial charge >= 0.3 is 0 Å². The largest absolute Gasteiger partial charge is 0.507 e. The van der Waals surface area contributed by atoms with Crippen LogP contribution in [0, 0.1) is 13.8 Å². The summed E-state index contributed by atoms with van der Waals surface area (Å²) in [5.74, 6) is 0.518. The summed E-state index contributed by atoms with van der Waals surface area (Å²) in [6.07, 6.45) is 0. The van der Waals surface area contributed by atoms with E-state index < -0.39 is 0 Å². The van der Waals surface area contributed by atoms with Crippen molar-refractivity contribution in [3.8, 4) is 78.5 Å². The molecule has 6 aromatic carbocycles. The second-order valence-electron chi connectivity index (χ2n) is 11.7. The summed E-state index contributed by atoms with van der Waals surface area (Å²) < 4.78 is 0. The zero-order valence-electron chi connectivity index (χ0n) is 26.3. The van der Waals surface area contributed by atoms with Gasteiger partial charge in [-0.05, 0) is 89.7 Å². The van der Waals surface area contributed by atoms with Crippen LogP contribution >= 0.6 is 0 Å². The molecule has 0 fully saturated rings. The van der Waals surface area contributed by atoms with Crippen LogP contribution in [0.1, 0.15) is 11.1 Å². The fourth-order valence-electron chi connectivity index (χ4n) is 6.33. The molecule has 0 unspecified atom stereocenters. The molecule has 7 aromatic rings. The van der Waals surface area contributed by atoms with Crippen molar-refractivity contribution in [2.75, 3.05) is 0 Å². The second kappa shape index (κ2) is 13.7. The van der Waals surface area contributed by atoms with E-state index in [0.29, 0.717) is 0 Å². The maximum absolute atomic E-state index is 11.6. The van der Waals surface area contributed by atoms with Gasteiger partial charge in [0.1, 0.15) is 11.5 Å². The van der Waals surface area contributed by atoms with Gasteiger partial charge in [-0.15, -0.1) is 0 Å². The van der Waals surface area contributed by atoms with E-state index in [-0.39, 0.29) is 37.3 Å². The van der Waals surface area contributed by atoms with E-state index >= 15 is 0 Å². The number of nitrogens with one attached hydrogen (secondary N) is 1. The molecule has 3 nitrogen and oxygen atoms in total. The van der Waals surface area contributed by atoms with Crippen molar-refractivity contribution in [2.24, 2.45) is 0 Å². The van der Waals surface area contributed by atoms with Gasteiger partial charge in [0.25, 0.3) is 0 Å². The van der Waals surface area contributed by atoms with E-state index in [0.717, 1.165) is 78.1 Å². The molecular weight excluding hydrogens is 741 g/mol. The topological polar surface area (TPSA) is 54.6 Å². The van der Waals surface area contributed by atoms with Crippen LogP contribution in [0.15, 0.2) is 152 Å². The number of hydrogen-bond acceptors (Lipinski definition) is 2. The van der Waals surface area contributed by atoms with Gasteiger partial charge in [0.2, 0.25) is 11.4 Å². The zero-order valence-corrected chi connectivity index (χ0v) is 29.9. The molecule has 0 radical (unpaired) electrons. The Bertz CT molecular complexity index is 2040. The first-order valence-corrected chi connectivity index (χ1v) is 15.5. The van der Waals surface area contributed by atoms with Crippen molar-refractivity contribution in [1.29, 1.82) is 0 Å². The molecule has 0 spiro atoms. The Balaban J connectivity index is 0.00000386. The predicted molar refractivity (Wildman–Crippen MR) is 188 cm³/mol. The number of hydrogen-bond donors (Lipinski definition) is 2. The maximum atomic E-state index is 11.6. The Morgan fingerprint density at radius 2 is 0.702 bits per heavy atom. The van der Waals surface area contributed by atoms with Crippen molar-refractivity contribution in [3.05, 3.63) is 163 Å². The van der Waals surface area contributed by atoms with Gasteiger partial charge in [0.15, 0.2) is 0 Å². The van der Waals surface area contributed by atoms with Crippen LogP contribution < -0.4 is 4.98 Å². The van der Waals surface area contributed by atoms with Crippen LogP contribution in [-0.2, 0) is 25.8 Å². The van der Waals surface area contributed by atoms with Gasteiger partial charge in [-0.3, -0.25) is 0 Å². The van der Waals surface area contributed by atoms with Crippen LogP contribution in [0.3, 0.4) is 0 Å². The van der Waals surface area contributed by atoms with Crippen LogP contribution in [0.25, 0.3) is 67.0 Å². The zero-order chi connectivity index (χ0) is 31.6. The number of phenols is 2. The SMILES string of the molecule is Cc1cc(-c2ccccc2)c(O)c(-c2ccccc2-c2cccc(-c3ccccc3-c3cc(C)cc(-c4ccccc4)c3O)[nH+]2)c1.[Hf]. The number of H-pyrrole nitrogens is 1. The summed E-state index contributed by atoms with van der Waals surface area (Å²) in [7, 11) is 0. The number of aromatic amines is 1. The summed E-state index contributed by atoms with van der Waals surface area (Å²) >= 11 is 0. The van der Waals surface area contributed by atoms with E-state index in [2.05, 4.69) is 55.2 Å². The first-order valence-electron chi connectivity index (χ1n) is 15.5. The van der Waals surface area contributed by atoms with Gasteiger partial charge in [0.05, 0.1) is 11.1 Å². The summed E-state index contributed by atoms with van der Waals surface area (Å²) in [6.45, 7) is 4.12. The Labute approximate surface area is 294 Å². The van der Waals surface area contributed by atoms with E-state index in [1.807, 2.05) is 115 Å². The summed E-state index contributed by atoms with van der Waals surface area (Å²) in [5.41, 5.74) is 12.9. The second-order valence-corrected chi connectivity index (χ2v) is 11.7. The third-order valence-electron chi connectivity index (χ3n) is 8.49. The van der Waals surface area contributed by atoms with Crippen LogP contribution in [0.5, 0.6) is 11.5 Å². The molecule has 0 saturated carbocycles. The molecule has 1 heterocycles. The van der Waals surface area contributed by atoms with Crippen molar-refractivity contribution < 1.29 is 41.0 Å². The molecular formula is C43H34HfNO2+. The summed E-state index contributed by atoms with van der Waals surface area (Å²) in [5, 5.41) is 23.2. The quantitative estimate of drug-likeness (QED) is 0.165. The molecule has 0 amide bonds. The molecule has 0 atom stereocenters.